The van der Waals surface area contributed by atoms with E-state index in [0.717, 1.165) is 9.13 Å². The van der Waals surface area contributed by atoms with Crippen molar-refractivity contribution in [2.75, 3.05) is 0 Å². The van der Waals surface area contributed by atoms with Crippen LogP contribution in [-0.4, -0.2) is 0 Å². The van der Waals surface area contributed by atoms with Gasteiger partial charge in [-0.05, 0) is 28.7 Å². The molecule has 0 radical (unpaired) electrons. The Labute approximate surface area is 84.3 Å². The highest BCUT2D eigenvalue weighted by molar-refractivity contribution is 14.1. The molecule has 0 fully saturated rings. The summed E-state index contributed by atoms with van der Waals surface area (Å²) in [7, 11) is 0. The molecule has 0 aromatic heterocycles. The molecule has 0 amide bonds. The van der Waals surface area contributed by atoms with Gasteiger partial charge in [0.05, 0.1) is 0 Å². The summed E-state index contributed by atoms with van der Waals surface area (Å²) >= 11 is 2.26. The van der Waals surface area contributed by atoms with Crippen LogP contribution >= 0.6 is 22.6 Å². The Kier molecular flexibility index (Phi) is 2.21. The van der Waals surface area contributed by atoms with Gasteiger partial charge in [0.25, 0.3) is 6.29 Å². The molecule has 1 heterocycles. The molecule has 0 bridgehead atoms. The van der Waals surface area contributed by atoms with E-state index in [1.54, 1.807) is 12.5 Å². The maximum atomic E-state index is 5.21. The van der Waals surface area contributed by atoms with Gasteiger partial charge in [-0.2, -0.15) is 0 Å². The van der Waals surface area contributed by atoms with Crippen molar-refractivity contribution in [3.8, 4) is 0 Å². The molecule has 1 aromatic carbocycles. The standard InChI is InChI=1S/C9H7IO2/c10-8-4-2-1-3-7(8)9-11-5-6-12-9/h1-6,9H. The average molecular weight is 274 g/mol. The SMILES string of the molecule is Ic1ccccc1C1OC=CO1. The molecule has 1 aromatic rings. The number of hydrogen-bond donors (Lipinski definition) is 0. The normalized spacial score (nSPS) is 15.8. The number of hydrogen-bond acceptors (Lipinski definition) is 2. The first-order chi connectivity index (χ1) is 5.88. The maximum absolute atomic E-state index is 5.21. The van der Waals surface area contributed by atoms with Gasteiger partial charge < -0.3 is 9.47 Å². The van der Waals surface area contributed by atoms with Crippen LogP contribution < -0.4 is 0 Å². The van der Waals surface area contributed by atoms with Gasteiger partial charge in [-0.15, -0.1) is 0 Å². The van der Waals surface area contributed by atoms with Crippen LogP contribution in [-0.2, 0) is 9.47 Å². The van der Waals surface area contributed by atoms with E-state index < -0.39 is 0 Å². The lowest BCUT2D eigenvalue weighted by Gasteiger charge is -2.11. The summed E-state index contributed by atoms with van der Waals surface area (Å²) in [6, 6.07) is 8.00. The van der Waals surface area contributed by atoms with Crippen LogP contribution in [0.4, 0.5) is 0 Å². The highest BCUT2D eigenvalue weighted by Gasteiger charge is 2.17. The second-order valence-corrected chi connectivity index (χ2v) is 3.56. The third-order valence-electron chi connectivity index (χ3n) is 1.62. The summed E-state index contributed by atoms with van der Waals surface area (Å²) in [5.41, 5.74) is 1.07. The second-order valence-electron chi connectivity index (χ2n) is 2.40. The summed E-state index contributed by atoms with van der Waals surface area (Å²) in [5, 5.41) is 0. The van der Waals surface area contributed by atoms with Crippen LogP contribution in [0.5, 0.6) is 0 Å². The predicted molar refractivity (Wildman–Crippen MR) is 53.2 cm³/mol. The third-order valence-corrected chi connectivity index (χ3v) is 2.60. The van der Waals surface area contributed by atoms with Crippen molar-refractivity contribution in [1.82, 2.24) is 0 Å². The van der Waals surface area contributed by atoms with E-state index in [2.05, 4.69) is 22.6 Å². The van der Waals surface area contributed by atoms with Gasteiger partial charge in [0, 0.05) is 9.13 Å². The molecule has 62 valence electrons. The summed E-state index contributed by atoms with van der Waals surface area (Å²) in [5.74, 6) is 0. The van der Waals surface area contributed by atoms with Crippen molar-refractivity contribution in [2.45, 2.75) is 6.29 Å². The fourth-order valence-electron chi connectivity index (χ4n) is 1.05. The fraction of sp³-hybridized carbons (Fsp3) is 0.111. The second kappa shape index (κ2) is 3.35. The first-order valence-corrected chi connectivity index (χ1v) is 4.66. The Balaban J connectivity index is 2.27. The number of rotatable bonds is 1. The van der Waals surface area contributed by atoms with Crippen molar-refractivity contribution in [2.24, 2.45) is 0 Å². The zero-order valence-corrected chi connectivity index (χ0v) is 8.39. The van der Waals surface area contributed by atoms with Gasteiger partial charge in [0.2, 0.25) is 0 Å². The van der Waals surface area contributed by atoms with E-state index in [1.807, 2.05) is 24.3 Å². The van der Waals surface area contributed by atoms with Crippen LogP contribution in [0.2, 0.25) is 0 Å². The van der Waals surface area contributed by atoms with E-state index in [4.69, 9.17) is 9.47 Å². The van der Waals surface area contributed by atoms with E-state index in [1.165, 1.54) is 0 Å². The highest BCUT2D eigenvalue weighted by atomic mass is 127. The van der Waals surface area contributed by atoms with Crippen LogP contribution in [0.1, 0.15) is 11.9 Å². The number of ether oxygens (including phenoxy) is 2. The van der Waals surface area contributed by atoms with E-state index >= 15 is 0 Å². The Hall–Kier alpha value is -0.710. The quantitative estimate of drug-likeness (QED) is 0.733. The lowest BCUT2D eigenvalue weighted by atomic mass is 10.2. The summed E-state index contributed by atoms with van der Waals surface area (Å²) in [6.07, 6.45) is 2.87. The first kappa shape index (κ1) is 7.91. The highest BCUT2D eigenvalue weighted by Crippen LogP contribution is 2.27. The summed E-state index contributed by atoms with van der Waals surface area (Å²) < 4.78 is 11.6. The van der Waals surface area contributed by atoms with Crippen LogP contribution in [0, 0.1) is 3.57 Å². The molecule has 0 spiro atoms. The minimum atomic E-state index is -0.252. The molecule has 0 unspecified atom stereocenters. The molecule has 2 rings (SSSR count). The Bertz CT molecular complexity index is 301. The molecule has 0 atom stereocenters. The minimum absolute atomic E-state index is 0.252. The predicted octanol–water partition coefficient (Wildman–Crippen LogP) is 2.81. The molecule has 12 heavy (non-hydrogen) atoms. The Morgan fingerprint density at radius 2 is 1.75 bits per heavy atom. The molecular weight excluding hydrogens is 267 g/mol. The van der Waals surface area contributed by atoms with E-state index in [9.17, 15) is 0 Å². The summed E-state index contributed by atoms with van der Waals surface area (Å²) in [4.78, 5) is 0. The van der Waals surface area contributed by atoms with Gasteiger partial charge in [0.15, 0.2) is 0 Å². The fourth-order valence-corrected chi connectivity index (χ4v) is 1.69. The van der Waals surface area contributed by atoms with Gasteiger partial charge in [-0.25, -0.2) is 0 Å². The Morgan fingerprint density at radius 1 is 1.08 bits per heavy atom. The monoisotopic (exact) mass is 274 g/mol. The molecule has 0 aliphatic carbocycles. The molecule has 0 saturated carbocycles. The molecule has 3 heteroatoms. The smallest absolute Gasteiger partial charge is 0.267 e. The van der Waals surface area contributed by atoms with Crippen molar-refractivity contribution in [3.05, 3.63) is 45.9 Å². The van der Waals surface area contributed by atoms with Crippen LogP contribution in [0.3, 0.4) is 0 Å². The molecular formula is C9H7IO2. The molecule has 1 aliphatic rings. The Morgan fingerprint density at radius 3 is 2.42 bits per heavy atom. The van der Waals surface area contributed by atoms with Gasteiger partial charge in [-0.3, -0.25) is 0 Å². The van der Waals surface area contributed by atoms with Gasteiger partial charge >= 0.3 is 0 Å². The van der Waals surface area contributed by atoms with Crippen LogP contribution in [0.15, 0.2) is 36.8 Å². The summed E-state index contributed by atoms with van der Waals surface area (Å²) in [6.45, 7) is 0. The van der Waals surface area contributed by atoms with Crippen molar-refractivity contribution >= 4 is 22.6 Å². The zero-order valence-electron chi connectivity index (χ0n) is 6.24. The maximum Gasteiger partial charge on any atom is 0.267 e. The van der Waals surface area contributed by atoms with Crippen molar-refractivity contribution in [1.29, 1.82) is 0 Å². The molecule has 0 saturated heterocycles. The number of benzene rings is 1. The molecule has 2 nitrogen and oxygen atoms in total. The lowest BCUT2D eigenvalue weighted by Crippen LogP contribution is -1.99. The lowest BCUT2D eigenvalue weighted by molar-refractivity contribution is -0.0252. The van der Waals surface area contributed by atoms with Gasteiger partial charge in [0.1, 0.15) is 12.5 Å². The number of halogens is 1. The van der Waals surface area contributed by atoms with Crippen molar-refractivity contribution < 1.29 is 9.47 Å². The molecule has 0 N–H and O–H groups in total. The molecule has 1 aliphatic heterocycles. The zero-order chi connectivity index (χ0) is 8.39. The topological polar surface area (TPSA) is 18.5 Å². The third kappa shape index (κ3) is 1.41. The van der Waals surface area contributed by atoms with Crippen LogP contribution in [0.25, 0.3) is 0 Å². The first-order valence-electron chi connectivity index (χ1n) is 3.58. The largest absolute Gasteiger partial charge is 0.455 e. The average Bonchev–Trinajstić information content (AvgIpc) is 2.57. The van der Waals surface area contributed by atoms with Gasteiger partial charge in [-0.1, -0.05) is 18.2 Å². The van der Waals surface area contributed by atoms with E-state index in [-0.39, 0.29) is 6.29 Å². The van der Waals surface area contributed by atoms with Crippen molar-refractivity contribution in [3.63, 3.8) is 0 Å². The minimum Gasteiger partial charge on any atom is -0.455 e. The van der Waals surface area contributed by atoms with E-state index in [0.29, 0.717) is 0 Å².